The van der Waals surface area contributed by atoms with Gasteiger partial charge in [0.2, 0.25) is 0 Å². The lowest BCUT2D eigenvalue weighted by Crippen LogP contribution is -2.04. The molecule has 0 N–H and O–H groups in total. The molecule has 0 spiro atoms. The van der Waals surface area contributed by atoms with E-state index in [1.165, 1.54) is 30.4 Å². The zero-order valence-corrected chi connectivity index (χ0v) is 14.7. The molecule has 0 amide bonds. The highest BCUT2D eigenvalue weighted by molar-refractivity contribution is 7.79. The summed E-state index contributed by atoms with van der Waals surface area (Å²) in [5.74, 6) is 1.18. The van der Waals surface area contributed by atoms with Crippen LogP contribution in [-0.4, -0.2) is 5.78 Å². The first-order chi connectivity index (χ1) is 9.90. The Morgan fingerprint density at radius 1 is 0.952 bits per heavy atom. The Morgan fingerprint density at radius 3 is 2.14 bits per heavy atom. The molecule has 0 bridgehead atoms. The number of hydrogen-bond donors (Lipinski definition) is 1. The Bertz CT molecular complexity index is 414. The fourth-order valence-corrected chi connectivity index (χ4v) is 2.59. The number of rotatable bonds is 9. The molecule has 0 aliphatic rings. The molecule has 0 unspecified atom stereocenters. The Balaban J connectivity index is 2.13. The normalized spacial score (nSPS) is 11.6. The third-order valence-electron chi connectivity index (χ3n) is 3.78. The van der Waals surface area contributed by atoms with Crippen LogP contribution >= 0.6 is 12.6 Å². The van der Waals surface area contributed by atoms with E-state index in [1.807, 2.05) is 0 Å². The summed E-state index contributed by atoms with van der Waals surface area (Å²) in [4.78, 5) is 11.9. The van der Waals surface area contributed by atoms with Crippen LogP contribution in [0.3, 0.4) is 0 Å². The van der Waals surface area contributed by atoms with E-state index in [2.05, 4.69) is 57.7 Å². The highest BCUT2D eigenvalue weighted by Crippen LogP contribution is 2.22. The minimum Gasteiger partial charge on any atom is -0.300 e. The molecule has 1 nitrogen and oxygen atoms in total. The predicted octanol–water partition coefficient (Wildman–Crippen LogP) is 5.61. The molecule has 118 valence electrons. The predicted molar refractivity (Wildman–Crippen MR) is 95.0 cm³/mol. The lowest BCUT2D eigenvalue weighted by molar-refractivity contribution is -0.119. The molecule has 21 heavy (non-hydrogen) atoms. The third-order valence-corrected chi connectivity index (χ3v) is 4.15. The van der Waals surface area contributed by atoms with Gasteiger partial charge in [-0.25, -0.2) is 0 Å². The molecule has 2 heteroatoms. The van der Waals surface area contributed by atoms with Gasteiger partial charge in [-0.1, -0.05) is 57.9 Å². The maximum atomic E-state index is 11.9. The number of hydrogen-bond acceptors (Lipinski definition) is 2. The van der Waals surface area contributed by atoms with Crippen LogP contribution in [-0.2, 0) is 17.0 Å². The topological polar surface area (TPSA) is 17.1 Å². The minimum atomic E-state index is 0.407. The Labute approximate surface area is 135 Å². The van der Waals surface area contributed by atoms with Crippen molar-refractivity contribution in [3.05, 3.63) is 35.4 Å². The van der Waals surface area contributed by atoms with E-state index in [0.717, 1.165) is 25.0 Å². The molecule has 0 aromatic heterocycles. The van der Waals surface area contributed by atoms with Crippen LogP contribution in [0.1, 0.15) is 70.4 Å². The van der Waals surface area contributed by atoms with Crippen LogP contribution in [0.2, 0.25) is 0 Å². The molecular weight excluding hydrogens is 276 g/mol. The van der Waals surface area contributed by atoms with Crippen LogP contribution in [0.4, 0.5) is 0 Å². The molecule has 0 saturated carbocycles. The van der Waals surface area contributed by atoms with Gasteiger partial charge in [0.15, 0.2) is 0 Å². The van der Waals surface area contributed by atoms with Crippen molar-refractivity contribution >= 4 is 18.4 Å². The van der Waals surface area contributed by atoms with Crippen molar-refractivity contribution in [3.63, 3.8) is 0 Å². The number of benzene rings is 1. The molecule has 1 aromatic rings. The van der Waals surface area contributed by atoms with Crippen LogP contribution in [0.5, 0.6) is 0 Å². The summed E-state index contributed by atoms with van der Waals surface area (Å²) in [5.41, 5.74) is 2.90. The first kappa shape index (κ1) is 18.3. The molecule has 0 heterocycles. The number of thiol groups is 1. The van der Waals surface area contributed by atoms with Gasteiger partial charge in [0.1, 0.15) is 5.78 Å². The van der Waals surface area contributed by atoms with Crippen molar-refractivity contribution < 1.29 is 4.79 Å². The average Bonchev–Trinajstić information content (AvgIpc) is 2.44. The molecule has 0 atom stereocenters. The van der Waals surface area contributed by atoms with Gasteiger partial charge in [-0.2, -0.15) is 12.6 Å². The molecule has 0 aliphatic carbocycles. The van der Waals surface area contributed by atoms with Crippen molar-refractivity contribution in [1.29, 1.82) is 0 Å². The second kappa shape index (κ2) is 9.30. The average molecular weight is 307 g/mol. The van der Waals surface area contributed by atoms with Crippen molar-refractivity contribution in [2.45, 2.75) is 71.5 Å². The van der Waals surface area contributed by atoms with Crippen LogP contribution in [0.25, 0.3) is 0 Å². The molecular formula is C19H30OS. The van der Waals surface area contributed by atoms with Crippen molar-refractivity contribution in [3.8, 4) is 0 Å². The minimum absolute atomic E-state index is 0.407. The quantitative estimate of drug-likeness (QED) is 0.463. The highest BCUT2D eigenvalue weighted by Gasteiger charge is 2.09. The van der Waals surface area contributed by atoms with E-state index in [9.17, 15) is 4.79 Å². The second-order valence-corrected chi connectivity index (χ2v) is 7.45. The number of Topliss-reactive ketones (excluding diaryl/α,β-unsaturated/α-hetero) is 1. The Kier molecular flexibility index (Phi) is 8.10. The van der Waals surface area contributed by atoms with Gasteiger partial charge >= 0.3 is 0 Å². The van der Waals surface area contributed by atoms with Crippen LogP contribution in [0.15, 0.2) is 24.3 Å². The Morgan fingerprint density at radius 2 is 1.57 bits per heavy atom. The van der Waals surface area contributed by atoms with Gasteiger partial charge in [0.25, 0.3) is 0 Å². The van der Waals surface area contributed by atoms with Crippen molar-refractivity contribution in [2.24, 2.45) is 5.41 Å². The second-order valence-electron chi connectivity index (χ2n) is 7.13. The van der Waals surface area contributed by atoms with Gasteiger partial charge in [-0.15, -0.1) is 0 Å². The molecule has 0 aliphatic heterocycles. The third kappa shape index (κ3) is 8.98. The number of aryl methyl sites for hydroxylation is 1. The molecule has 0 fully saturated rings. The smallest absolute Gasteiger partial charge is 0.133 e. The lowest BCUT2D eigenvalue weighted by Gasteiger charge is -2.17. The number of unbranched alkanes of at least 4 members (excludes halogenated alkanes) is 2. The first-order valence-electron chi connectivity index (χ1n) is 8.11. The maximum absolute atomic E-state index is 11.9. The fourth-order valence-electron chi connectivity index (χ4n) is 2.37. The largest absolute Gasteiger partial charge is 0.300 e. The SMILES string of the molecule is CC(C)(C)CCCCCC(=O)CCc1ccc(CS)cc1. The lowest BCUT2D eigenvalue weighted by atomic mass is 9.89. The first-order valence-corrected chi connectivity index (χ1v) is 8.74. The molecule has 1 rings (SSSR count). The van der Waals surface area contributed by atoms with Gasteiger partial charge in [-0.3, -0.25) is 4.79 Å². The summed E-state index contributed by atoms with van der Waals surface area (Å²) in [6, 6.07) is 8.42. The standard InChI is InChI=1S/C19H30OS/c1-19(2,3)14-6-4-5-7-18(20)13-12-16-8-10-17(15-21)11-9-16/h8-11,21H,4-7,12-15H2,1-3H3. The van der Waals surface area contributed by atoms with E-state index >= 15 is 0 Å². The van der Waals surface area contributed by atoms with E-state index in [4.69, 9.17) is 0 Å². The van der Waals surface area contributed by atoms with Crippen molar-refractivity contribution in [2.75, 3.05) is 0 Å². The summed E-state index contributed by atoms with van der Waals surface area (Å²) in [6.45, 7) is 6.82. The van der Waals surface area contributed by atoms with Gasteiger partial charge < -0.3 is 0 Å². The monoisotopic (exact) mass is 306 g/mol. The number of ketones is 1. The van der Waals surface area contributed by atoms with E-state index in [0.29, 0.717) is 17.6 Å². The molecule has 0 radical (unpaired) electrons. The number of carbonyl (C=O) groups excluding carboxylic acids is 1. The zero-order valence-electron chi connectivity index (χ0n) is 13.8. The van der Waals surface area contributed by atoms with E-state index in [1.54, 1.807) is 0 Å². The summed E-state index contributed by atoms with van der Waals surface area (Å²) in [6.07, 6.45) is 7.01. The molecule has 1 aromatic carbocycles. The summed E-state index contributed by atoms with van der Waals surface area (Å²) in [7, 11) is 0. The summed E-state index contributed by atoms with van der Waals surface area (Å²) >= 11 is 4.25. The van der Waals surface area contributed by atoms with Crippen molar-refractivity contribution in [1.82, 2.24) is 0 Å². The van der Waals surface area contributed by atoms with Gasteiger partial charge in [0, 0.05) is 18.6 Å². The number of carbonyl (C=O) groups is 1. The van der Waals surface area contributed by atoms with E-state index < -0.39 is 0 Å². The maximum Gasteiger partial charge on any atom is 0.133 e. The Hall–Kier alpha value is -0.760. The fraction of sp³-hybridized carbons (Fsp3) is 0.632. The van der Waals surface area contributed by atoms with E-state index in [-0.39, 0.29) is 0 Å². The molecule has 0 saturated heterocycles. The highest BCUT2D eigenvalue weighted by atomic mass is 32.1. The summed E-state index contributed by atoms with van der Waals surface area (Å²) in [5, 5.41) is 0. The van der Waals surface area contributed by atoms with Gasteiger partial charge in [0.05, 0.1) is 0 Å². The zero-order chi connectivity index (χ0) is 15.7. The van der Waals surface area contributed by atoms with Gasteiger partial charge in [-0.05, 0) is 35.8 Å². The van der Waals surface area contributed by atoms with Crippen LogP contribution < -0.4 is 0 Å². The van der Waals surface area contributed by atoms with Crippen LogP contribution in [0, 0.1) is 5.41 Å². The summed E-state index contributed by atoms with van der Waals surface area (Å²) < 4.78 is 0.